The molecule has 1 aliphatic heterocycles. The SMILES string of the molecule is CN1CCN(c2nccc3oc(-c4cnc5ccc(O[C@H]6C[C@@H](OC(N)=O)C6)nn45)cc23)CC1. The molecule has 4 aromatic heterocycles. The summed E-state index contributed by atoms with van der Waals surface area (Å²) in [5, 5.41) is 5.59. The third-order valence-electron chi connectivity index (χ3n) is 6.44. The average molecular weight is 463 g/mol. The van der Waals surface area contributed by atoms with E-state index in [1.165, 1.54) is 0 Å². The molecule has 2 fully saturated rings. The van der Waals surface area contributed by atoms with Crippen molar-refractivity contribution in [3.63, 3.8) is 0 Å². The molecule has 1 saturated carbocycles. The fraction of sp³-hybridized carbons (Fsp3) is 0.391. The second-order valence-corrected chi connectivity index (χ2v) is 8.80. The summed E-state index contributed by atoms with van der Waals surface area (Å²) in [6, 6.07) is 7.52. The monoisotopic (exact) mass is 463 g/mol. The largest absolute Gasteiger partial charge is 0.473 e. The number of ether oxygens (including phenoxy) is 2. The summed E-state index contributed by atoms with van der Waals surface area (Å²) in [5.41, 5.74) is 7.25. The van der Waals surface area contributed by atoms with Crippen LogP contribution < -0.4 is 15.4 Å². The summed E-state index contributed by atoms with van der Waals surface area (Å²) in [6.45, 7) is 3.85. The van der Waals surface area contributed by atoms with Crippen LogP contribution in [0.15, 0.2) is 41.1 Å². The number of aromatic nitrogens is 4. The molecule has 5 heterocycles. The number of carbonyl (C=O) groups is 1. The van der Waals surface area contributed by atoms with Gasteiger partial charge in [-0.25, -0.2) is 19.3 Å². The van der Waals surface area contributed by atoms with E-state index in [0.29, 0.717) is 30.1 Å². The van der Waals surface area contributed by atoms with Crippen LogP contribution >= 0.6 is 0 Å². The minimum atomic E-state index is -0.761. The van der Waals surface area contributed by atoms with Gasteiger partial charge >= 0.3 is 6.09 Å². The number of rotatable bonds is 5. The Balaban J connectivity index is 1.27. The molecule has 0 bridgehead atoms. The van der Waals surface area contributed by atoms with Gasteiger partial charge in [-0.05, 0) is 25.2 Å². The first-order valence-electron chi connectivity index (χ1n) is 11.3. The van der Waals surface area contributed by atoms with Gasteiger partial charge < -0.3 is 29.4 Å². The number of hydrogen-bond acceptors (Lipinski definition) is 9. The minimum Gasteiger partial charge on any atom is -0.473 e. The lowest BCUT2D eigenvalue weighted by molar-refractivity contribution is -0.0218. The Hall–Kier alpha value is -3.86. The van der Waals surface area contributed by atoms with E-state index in [0.717, 1.165) is 48.7 Å². The van der Waals surface area contributed by atoms with Crippen LogP contribution in [0.1, 0.15) is 12.8 Å². The van der Waals surface area contributed by atoms with Crippen molar-refractivity contribution in [1.82, 2.24) is 24.5 Å². The predicted octanol–water partition coefficient (Wildman–Crippen LogP) is 2.29. The highest BCUT2D eigenvalue weighted by atomic mass is 16.6. The number of fused-ring (bicyclic) bond motifs is 2. The predicted molar refractivity (Wildman–Crippen MR) is 124 cm³/mol. The number of furan rings is 1. The molecule has 2 N–H and O–H groups in total. The number of carbonyl (C=O) groups excluding carboxylic acids is 1. The third kappa shape index (κ3) is 3.77. The molecule has 1 aliphatic carbocycles. The van der Waals surface area contributed by atoms with E-state index >= 15 is 0 Å². The van der Waals surface area contributed by atoms with Crippen molar-refractivity contribution in [3.05, 3.63) is 36.7 Å². The smallest absolute Gasteiger partial charge is 0.404 e. The molecule has 34 heavy (non-hydrogen) atoms. The molecule has 176 valence electrons. The van der Waals surface area contributed by atoms with E-state index < -0.39 is 6.09 Å². The maximum absolute atomic E-state index is 10.9. The molecule has 1 saturated heterocycles. The van der Waals surface area contributed by atoms with Gasteiger partial charge in [-0.15, -0.1) is 5.10 Å². The number of nitrogens with zero attached hydrogens (tertiary/aromatic N) is 6. The summed E-state index contributed by atoms with van der Waals surface area (Å²) < 4.78 is 18.8. The maximum Gasteiger partial charge on any atom is 0.404 e. The minimum absolute atomic E-state index is 0.0790. The summed E-state index contributed by atoms with van der Waals surface area (Å²) in [7, 11) is 2.13. The molecule has 0 unspecified atom stereocenters. The molecule has 0 atom stereocenters. The number of anilines is 1. The number of amides is 1. The van der Waals surface area contributed by atoms with Crippen molar-refractivity contribution in [2.45, 2.75) is 25.0 Å². The van der Waals surface area contributed by atoms with Gasteiger partial charge in [0.05, 0.1) is 11.6 Å². The normalized spacial score (nSPS) is 21.0. The average Bonchev–Trinajstić information content (AvgIpc) is 3.41. The molecule has 6 rings (SSSR count). The molecule has 0 spiro atoms. The topological polar surface area (TPSA) is 124 Å². The van der Waals surface area contributed by atoms with E-state index in [9.17, 15) is 4.79 Å². The zero-order valence-electron chi connectivity index (χ0n) is 18.8. The maximum atomic E-state index is 10.9. The standard InChI is InChI=1S/C23H25N7O4/c1-28-6-8-29(9-7-28)22-16-12-19(34-18(16)4-5-25-22)17-13-26-20-2-3-21(27-30(17)20)32-14-10-15(11-14)33-23(24)31/h2-5,12-15H,6-11H2,1H3,(H2,24,31)/t14-,15+. The highest BCUT2D eigenvalue weighted by Gasteiger charge is 2.34. The molecule has 1 amide bonds. The Labute approximate surface area is 195 Å². The van der Waals surface area contributed by atoms with Gasteiger partial charge in [0.2, 0.25) is 5.88 Å². The van der Waals surface area contributed by atoms with Gasteiger partial charge in [0.25, 0.3) is 0 Å². The van der Waals surface area contributed by atoms with Crippen LogP contribution in [0, 0.1) is 0 Å². The fourth-order valence-corrected chi connectivity index (χ4v) is 4.48. The number of imidazole rings is 1. The Morgan fingerprint density at radius 3 is 2.74 bits per heavy atom. The molecular weight excluding hydrogens is 438 g/mol. The van der Waals surface area contributed by atoms with Crippen molar-refractivity contribution in [2.24, 2.45) is 5.73 Å². The quantitative estimate of drug-likeness (QED) is 0.475. The highest BCUT2D eigenvalue weighted by Crippen LogP contribution is 2.34. The Morgan fingerprint density at radius 1 is 1.12 bits per heavy atom. The van der Waals surface area contributed by atoms with E-state index in [-0.39, 0.29) is 12.2 Å². The van der Waals surface area contributed by atoms with E-state index in [4.69, 9.17) is 19.6 Å². The van der Waals surface area contributed by atoms with Crippen LogP contribution in [0.25, 0.3) is 28.1 Å². The van der Waals surface area contributed by atoms with Crippen molar-refractivity contribution < 1.29 is 18.7 Å². The first-order chi connectivity index (χ1) is 16.5. The van der Waals surface area contributed by atoms with Crippen LogP contribution in [0.3, 0.4) is 0 Å². The molecule has 4 aromatic rings. The molecular formula is C23H25N7O4. The number of nitrogens with two attached hydrogens (primary N) is 1. The van der Waals surface area contributed by atoms with Crippen LogP contribution in [-0.2, 0) is 4.74 Å². The second-order valence-electron chi connectivity index (χ2n) is 8.80. The van der Waals surface area contributed by atoms with Gasteiger partial charge in [-0.3, -0.25) is 0 Å². The molecule has 0 radical (unpaired) electrons. The molecule has 0 aromatic carbocycles. The van der Waals surface area contributed by atoms with Crippen molar-refractivity contribution in [1.29, 1.82) is 0 Å². The third-order valence-corrected chi connectivity index (χ3v) is 6.44. The molecule has 11 heteroatoms. The van der Waals surface area contributed by atoms with Crippen molar-refractivity contribution >= 4 is 28.5 Å². The van der Waals surface area contributed by atoms with Crippen LogP contribution in [0.2, 0.25) is 0 Å². The first-order valence-corrected chi connectivity index (χ1v) is 11.3. The lowest BCUT2D eigenvalue weighted by Crippen LogP contribution is -2.44. The van der Waals surface area contributed by atoms with Gasteiger partial charge in [0.1, 0.15) is 29.3 Å². The fourth-order valence-electron chi connectivity index (χ4n) is 4.48. The summed E-state index contributed by atoms with van der Waals surface area (Å²) in [5.74, 6) is 2.06. The summed E-state index contributed by atoms with van der Waals surface area (Å²) in [4.78, 5) is 24.6. The number of hydrogen-bond donors (Lipinski definition) is 1. The lowest BCUT2D eigenvalue weighted by Gasteiger charge is -2.33. The number of piperazine rings is 1. The zero-order valence-corrected chi connectivity index (χ0v) is 18.8. The Bertz CT molecular complexity index is 1350. The van der Waals surface area contributed by atoms with Gasteiger partial charge in [-0.2, -0.15) is 0 Å². The van der Waals surface area contributed by atoms with Crippen LogP contribution in [0.5, 0.6) is 5.88 Å². The summed E-state index contributed by atoms with van der Waals surface area (Å²) >= 11 is 0. The van der Waals surface area contributed by atoms with Gasteiger partial charge in [0, 0.05) is 51.3 Å². The Morgan fingerprint density at radius 2 is 1.94 bits per heavy atom. The van der Waals surface area contributed by atoms with Crippen molar-refractivity contribution in [2.75, 3.05) is 38.1 Å². The zero-order chi connectivity index (χ0) is 23.2. The van der Waals surface area contributed by atoms with Crippen LogP contribution in [-0.4, -0.2) is 76.0 Å². The first kappa shape index (κ1) is 20.7. The second kappa shape index (κ2) is 8.17. The van der Waals surface area contributed by atoms with Crippen LogP contribution in [0.4, 0.5) is 10.6 Å². The molecule has 2 aliphatic rings. The Kier molecular flexibility index (Phi) is 4.98. The lowest BCUT2D eigenvalue weighted by atomic mass is 9.92. The van der Waals surface area contributed by atoms with E-state index in [2.05, 4.69) is 31.9 Å². The highest BCUT2D eigenvalue weighted by molar-refractivity contribution is 5.92. The number of likely N-dealkylation sites (N-methyl/N-ethyl adjacent to an activating group) is 1. The van der Waals surface area contributed by atoms with Gasteiger partial charge in [0.15, 0.2) is 11.4 Å². The van der Waals surface area contributed by atoms with Gasteiger partial charge in [-0.1, -0.05) is 0 Å². The summed E-state index contributed by atoms with van der Waals surface area (Å²) in [6.07, 6.45) is 3.67. The molecule has 11 nitrogen and oxygen atoms in total. The van der Waals surface area contributed by atoms with E-state index in [1.54, 1.807) is 23.0 Å². The number of pyridine rings is 1. The van der Waals surface area contributed by atoms with E-state index in [1.807, 2.05) is 18.2 Å². The van der Waals surface area contributed by atoms with Crippen molar-refractivity contribution in [3.8, 4) is 17.3 Å². The number of primary amides is 1.